The lowest BCUT2D eigenvalue weighted by Gasteiger charge is -2.17. The van der Waals surface area contributed by atoms with E-state index in [1.807, 2.05) is 13.0 Å². The Labute approximate surface area is 164 Å². The topological polar surface area (TPSA) is 76.7 Å². The number of rotatable bonds is 8. The van der Waals surface area contributed by atoms with Gasteiger partial charge in [-0.15, -0.1) is 0 Å². The molecule has 0 spiro atoms. The van der Waals surface area contributed by atoms with E-state index in [2.05, 4.69) is 10.6 Å². The first-order valence-electron chi connectivity index (χ1n) is 8.66. The molecular formula is C19H24ClN2O4P. The third kappa shape index (κ3) is 6.67. The van der Waals surface area contributed by atoms with Crippen molar-refractivity contribution in [3.63, 3.8) is 0 Å². The number of hydrogen-bond acceptors (Lipinski definition) is 4. The molecule has 0 saturated heterocycles. The maximum atomic E-state index is 12.6. The monoisotopic (exact) mass is 410 g/mol. The van der Waals surface area contributed by atoms with Crippen LogP contribution in [0.2, 0.25) is 5.02 Å². The molecule has 2 N–H and O–H groups in total. The van der Waals surface area contributed by atoms with E-state index >= 15 is 0 Å². The van der Waals surface area contributed by atoms with E-state index in [1.165, 1.54) is 0 Å². The van der Waals surface area contributed by atoms with Crippen LogP contribution in [0, 0.1) is 6.92 Å². The zero-order valence-corrected chi connectivity index (χ0v) is 17.3. The third-order valence-corrected chi connectivity index (χ3v) is 5.98. The van der Waals surface area contributed by atoms with Gasteiger partial charge >= 0.3 is 13.6 Å². The molecule has 6 nitrogen and oxygen atoms in total. The summed E-state index contributed by atoms with van der Waals surface area (Å²) < 4.78 is 23.2. The molecule has 0 aromatic heterocycles. The predicted molar refractivity (Wildman–Crippen MR) is 110 cm³/mol. The lowest BCUT2D eigenvalue weighted by molar-refractivity contribution is 0.219. The minimum Gasteiger partial charge on any atom is -0.309 e. The van der Waals surface area contributed by atoms with Crippen molar-refractivity contribution in [2.45, 2.75) is 26.9 Å². The Balaban J connectivity index is 1.99. The molecule has 2 aromatic carbocycles. The van der Waals surface area contributed by atoms with E-state index in [0.717, 1.165) is 11.1 Å². The van der Waals surface area contributed by atoms with Gasteiger partial charge in [0.05, 0.1) is 19.4 Å². The fourth-order valence-electron chi connectivity index (χ4n) is 2.45. The van der Waals surface area contributed by atoms with Gasteiger partial charge in [-0.3, -0.25) is 4.57 Å². The van der Waals surface area contributed by atoms with Gasteiger partial charge in [0, 0.05) is 16.4 Å². The second kappa shape index (κ2) is 9.90. The molecule has 0 heterocycles. The van der Waals surface area contributed by atoms with E-state index in [9.17, 15) is 9.36 Å². The number of aryl methyl sites for hydroxylation is 1. The summed E-state index contributed by atoms with van der Waals surface area (Å²) in [5.74, 6) is 0. The van der Waals surface area contributed by atoms with Crippen LogP contribution >= 0.6 is 19.2 Å². The van der Waals surface area contributed by atoms with Gasteiger partial charge in [0.1, 0.15) is 0 Å². The number of anilines is 2. The highest BCUT2D eigenvalue weighted by Gasteiger charge is 2.23. The summed E-state index contributed by atoms with van der Waals surface area (Å²) >= 11 is 5.96. The molecule has 0 aliphatic carbocycles. The number of benzene rings is 2. The Morgan fingerprint density at radius 3 is 2.26 bits per heavy atom. The molecule has 27 heavy (non-hydrogen) atoms. The maximum absolute atomic E-state index is 12.6. The summed E-state index contributed by atoms with van der Waals surface area (Å²) in [5, 5.41) is 6.07. The van der Waals surface area contributed by atoms with Crippen LogP contribution in [0.5, 0.6) is 0 Å². The molecular weight excluding hydrogens is 387 g/mol. The zero-order chi connectivity index (χ0) is 19.9. The SMILES string of the molecule is CCOP(=O)(Cc1ccc(NC(=O)Nc2cc(Cl)ccc2C)cc1)OCC. The van der Waals surface area contributed by atoms with E-state index in [0.29, 0.717) is 29.6 Å². The lowest BCUT2D eigenvalue weighted by atomic mass is 10.2. The van der Waals surface area contributed by atoms with Gasteiger partial charge in [-0.05, 0) is 56.2 Å². The van der Waals surface area contributed by atoms with E-state index in [1.54, 1.807) is 50.2 Å². The lowest BCUT2D eigenvalue weighted by Crippen LogP contribution is -2.19. The number of nitrogens with one attached hydrogen (secondary N) is 2. The van der Waals surface area contributed by atoms with Crippen LogP contribution in [0.3, 0.4) is 0 Å². The summed E-state index contributed by atoms with van der Waals surface area (Å²) in [5.41, 5.74) is 2.97. The van der Waals surface area contributed by atoms with Crippen LogP contribution in [-0.4, -0.2) is 19.2 Å². The fraction of sp³-hybridized carbons (Fsp3) is 0.316. The van der Waals surface area contributed by atoms with Crippen molar-refractivity contribution in [3.05, 3.63) is 58.6 Å². The molecule has 0 aliphatic heterocycles. The van der Waals surface area contributed by atoms with Crippen LogP contribution in [0.1, 0.15) is 25.0 Å². The number of amides is 2. The summed E-state index contributed by atoms with van der Waals surface area (Å²) in [6, 6.07) is 12.0. The Bertz CT molecular complexity index is 817. The number of urea groups is 1. The number of carbonyl (C=O) groups is 1. The first-order chi connectivity index (χ1) is 12.8. The highest BCUT2D eigenvalue weighted by Crippen LogP contribution is 2.51. The number of carbonyl (C=O) groups excluding carboxylic acids is 1. The average molecular weight is 411 g/mol. The van der Waals surface area contributed by atoms with Gasteiger partial charge in [0.25, 0.3) is 0 Å². The summed E-state index contributed by atoms with van der Waals surface area (Å²) in [4.78, 5) is 12.2. The summed E-state index contributed by atoms with van der Waals surface area (Å²) in [6.07, 6.45) is 0.183. The van der Waals surface area contributed by atoms with Gasteiger partial charge in [0.2, 0.25) is 0 Å². The van der Waals surface area contributed by atoms with Crippen molar-refractivity contribution < 1.29 is 18.4 Å². The minimum atomic E-state index is -3.15. The Morgan fingerprint density at radius 1 is 1.04 bits per heavy atom. The van der Waals surface area contributed by atoms with Gasteiger partial charge in [-0.2, -0.15) is 0 Å². The molecule has 0 atom stereocenters. The van der Waals surface area contributed by atoms with E-state index in [-0.39, 0.29) is 12.2 Å². The molecule has 0 radical (unpaired) electrons. The molecule has 146 valence electrons. The molecule has 0 fully saturated rings. The Morgan fingerprint density at radius 2 is 1.67 bits per heavy atom. The van der Waals surface area contributed by atoms with Gasteiger partial charge in [-0.1, -0.05) is 29.8 Å². The zero-order valence-electron chi connectivity index (χ0n) is 15.6. The quantitative estimate of drug-likeness (QED) is 0.518. The number of halogens is 1. The third-order valence-electron chi connectivity index (χ3n) is 3.69. The Kier molecular flexibility index (Phi) is 7.87. The van der Waals surface area contributed by atoms with Gasteiger partial charge in [-0.25, -0.2) is 4.79 Å². The predicted octanol–water partition coefficient (Wildman–Crippen LogP) is 6.06. The second-order valence-corrected chi connectivity index (χ2v) is 8.33. The average Bonchev–Trinajstić information content (AvgIpc) is 2.60. The Hall–Kier alpha value is -1.85. The van der Waals surface area contributed by atoms with Crippen molar-refractivity contribution in [1.29, 1.82) is 0 Å². The molecule has 0 bridgehead atoms. The molecule has 0 unspecified atom stereocenters. The van der Waals surface area contributed by atoms with Crippen molar-refractivity contribution in [1.82, 2.24) is 0 Å². The standard InChI is InChI=1S/C19H24ClN2O4P/c1-4-25-27(24,26-5-2)13-15-7-10-17(11-8-15)21-19(23)22-18-12-16(20)9-6-14(18)3/h6-12H,4-5,13H2,1-3H3,(H2,21,22,23). The van der Waals surface area contributed by atoms with Crippen molar-refractivity contribution >= 4 is 36.6 Å². The molecule has 2 aromatic rings. The van der Waals surface area contributed by atoms with Crippen LogP contribution in [0.4, 0.5) is 16.2 Å². The molecule has 0 aliphatic rings. The smallest absolute Gasteiger partial charge is 0.309 e. The van der Waals surface area contributed by atoms with Crippen molar-refractivity contribution in [2.75, 3.05) is 23.8 Å². The first-order valence-corrected chi connectivity index (χ1v) is 10.8. The molecule has 8 heteroatoms. The molecule has 2 amide bonds. The summed E-state index contributed by atoms with van der Waals surface area (Å²) in [6.45, 7) is 6.08. The normalized spacial score (nSPS) is 11.3. The fourth-order valence-corrected chi connectivity index (χ4v) is 4.33. The largest absolute Gasteiger partial charge is 0.335 e. The summed E-state index contributed by atoms with van der Waals surface area (Å²) in [7, 11) is -3.15. The van der Waals surface area contributed by atoms with Crippen molar-refractivity contribution in [2.24, 2.45) is 0 Å². The minimum absolute atomic E-state index is 0.183. The highest BCUT2D eigenvalue weighted by atomic mass is 35.5. The second-order valence-electron chi connectivity index (χ2n) is 5.84. The first kappa shape index (κ1) is 21.5. The number of hydrogen-bond donors (Lipinski definition) is 2. The van der Waals surface area contributed by atoms with Gasteiger partial charge < -0.3 is 19.7 Å². The maximum Gasteiger partial charge on any atom is 0.335 e. The van der Waals surface area contributed by atoms with E-state index < -0.39 is 7.60 Å². The van der Waals surface area contributed by atoms with Crippen LogP contribution in [-0.2, 0) is 19.8 Å². The van der Waals surface area contributed by atoms with Crippen LogP contribution in [0.25, 0.3) is 0 Å². The van der Waals surface area contributed by atoms with Crippen molar-refractivity contribution in [3.8, 4) is 0 Å². The van der Waals surface area contributed by atoms with Crippen LogP contribution in [0.15, 0.2) is 42.5 Å². The molecule has 0 saturated carbocycles. The van der Waals surface area contributed by atoms with E-state index in [4.69, 9.17) is 20.6 Å². The molecule has 2 rings (SSSR count). The van der Waals surface area contributed by atoms with Gasteiger partial charge in [0.15, 0.2) is 0 Å². The highest BCUT2D eigenvalue weighted by molar-refractivity contribution is 7.53. The van der Waals surface area contributed by atoms with Crippen LogP contribution < -0.4 is 10.6 Å².